The second-order valence-electron chi connectivity index (χ2n) is 5.93. The molecule has 1 N–H and O–H groups in total. The van der Waals surface area contributed by atoms with Gasteiger partial charge in [0.15, 0.2) is 0 Å². The van der Waals surface area contributed by atoms with Crippen molar-refractivity contribution in [2.75, 3.05) is 26.7 Å². The van der Waals surface area contributed by atoms with Crippen LogP contribution in [0, 0.1) is 17.8 Å². The number of carbonyl (C=O) groups is 1. The number of amides is 1. The highest BCUT2D eigenvalue weighted by molar-refractivity contribution is 5.79. The van der Waals surface area contributed by atoms with Gasteiger partial charge in [-0.1, -0.05) is 13.3 Å². The zero-order valence-electron chi connectivity index (χ0n) is 11.2. The van der Waals surface area contributed by atoms with Gasteiger partial charge in [0.2, 0.25) is 5.91 Å². The van der Waals surface area contributed by atoms with Crippen molar-refractivity contribution in [1.82, 2.24) is 10.2 Å². The van der Waals surface area contributed by atoms with Crippen LogP contribution in [0.3, 0.4) is 0 Å². The first-order valence-electron chi connectivity index (χ1n) is 7.14. The van der Waals surface area contributed by atoms with E-state index in [4.69, 9.17) is 0 Å². The van der Waals surface area contributed by atoms with Crippen molar-refractivity contribution in [3.8, 4) is 0 Å². The van der Waals surface area contributed by atoms with Crippen LogP contribution in [-0.2, 0) is 4.79 Å². The van der Waals surface area contributed by atoms with E-state index in [-0.39, 0.29) is 0 Å². The normalized spacial score (nSPS) is 30.5. The lowest BCUT2D eigenvalue weighted by atomic mass is 9.94. The standard InChI is InChI=1S/C14H26N2O/c1-11-4-3-5-13(11)14(17)16(2)10-12-6-8-15-9-7-12/h11-13,15H,3-10H2,1-2H3. The third kappa shape index (κ3) is 3.21. The minimum atomic E-state index is 0.307. The van der Waals surface area contributed by atoms with Gasteiger partial charge in [0.05, 0.1) is 0 Å². The van der Waals surface area contributed by atoms with Gasteiger partial charge in [0.25, 0.3) is 0 Å². The molecule has 1 saturated heterocycles. The zero-order chi connectivity index (χ0) is 12.3. The van der Waals surface area contributed by atoms with Crippen molar-refractivity contribution in [3.63, 3.8) is 0 Å². The molecule has 2 fully saturated rings. The molecular weight excluding hydrogens is 212 g/mol. The molecule has 0 spiro atoms. The highest BCUT2D eigenvalue weighted by atomic mass is 16.2. The smallest absolute Gasteiger partial charge is 0.225 e. The van der Waals surface area contributed by atoms with E-state index in [0.717, 1.165) is 26.1 Å². The third-order valence-corrected chi connectivity index (χ3v) is 4.55. The maximum Gasteiger partial charge on any atom is 0.225 e. The van der Waals surface area contributed by atoms with Gasteiger partial charge in [-0.05, 0) is 50.6 Å². The highest BCUT2D eigenvalue weighted by Crippen LogP contribution is 2.32. The van der Waals surface area contributed by atoms with Gasteiger partial charge < -0.3 is 10.2 Å². The van der Waals surface area contributed by atoms with E-state index in [0.29, 0.717) is 23.7 Å². The number of nitrogens with zero attached hydrogens (tertiary/aromatic N) is 1. The van der Waals surface area contributed by atoms with Crippen LogP contribution in [0.2, 0.25) is 0 Å². The Hall–Kier alpha value is -0.570. The van der Waals surface area contributed by atoms with E-state index in [9.17, 15) is 4.79 Å². The fourth-order valence-electron chi connectivity index (χ4n) is 3.34. The molecule has 2 unspecified atom stereocenters. The van der Waals surface area contributed by atoms with Crippen molar-refractivity contribution >= 4 is 5.91 Å². The number of hydrogen-bond donors (Lipinski definition) is 1. The topological polar surface area (TPSA) is 32.3 Å². The van der Waals surface area contributed by atoms with Crippen LogP contribution in [0.1, 0.15) is 39.0 Å². The molecule has 0 aromatic carbocycles. The average molecular weight is 238 g/mol. The summed E-state index contributed by atoms with van der Waals surface area (Å²) in [6.07, 6.45) is 6.02. The van der Waals surface area contributed by atoms with Gasteiger partial charge in [-0.2, -0.15) is 0 Å². The maximum atomic E-state index is 12.3. The highest BCUT2D eigenvalue weighted by Gasteiger charge is 2.32. The van der Waals surface area contributed by atoms with E-state index in [1.807, 2.05) is 11.9 Å². The summed E-state index contributed by atoms with van der Waals surface area (Å²) in [5, 5.41) is 3.38. The van der Waals surface area contributed by atoms with Crippen LogP contribution in [0.5, 0.6) is 0 Å². The first kappa shape index (κ1) is 12.9. The van der Waals surface area contributed by atoms with Gasteiger partial charge >= 0.3 is 0 Å². The second kappa shape index (κ2) is 5.85. The fourth-order valence-corrected chi connectivity index (χ4v) is 3.34. The molecule has 3 heteroatoms. The Labute approximate surface area is 105 Å². The van der Waals surface area contributed by atoms with E-state index in [1.165, 1.54) is 25.7 Å². The van der Waals surface area contributed by atoms with Crippen LogP contribution in [0.4, 0.5) is 0 Å². The van der Waals surface area contributed by atoms with Crippen molar-refractivity contribution in [1.29, 1.82) is 0 Å². The SMILES string of the molecule is CC1CCCC1C(=O)N(C)CC1CCNCC1. The van der Waals surface area contributed by atoms with Crippen LogP contribution < -0.4 is 5.32 Å². The molecule has 98 valence electrons. The first-order chi connectivity index (χ1) is 8.18. The molecule has 0 radical (unpaired) electrons. The van der Waals surface area contributed by atoms with Gasteiger partial charge in [0, 0.05) is 19.5 Å². The molecule has 1 amide bonds. The molecule has 1 heterocycles. The minimum Gasteiger partial charge on any atom is -0.345 e. The summed E-state index contributed by atoms with van der Waals surface area (Å²) in [5.74, 6) is 2.01. The van der Waals surface area contributed by atoms with Crippen LogP contribution in [0.25, 0.3) is 0 Å². The molecule has 0 aromatic rings. The summed E-state index contributed by atoms with van der Waals surface area (Å²) in [6.45, 7) is 5.43. The van der Waals surface area contributed by atoms with E-state index < -0.39 is 0 Å². The molecule has 0 bridgehead atoms. The Morgan fingerprint density at radius 3 is 2.53 bits per heavy atom. The number of rotatable bonds is 3. The molecule has 1 aliphatic heterocycles. The van der Waals surface area contributed by atoms with Crippen molar-refractivity contribution in [2.45, 2.75) is 39.0 Å². The van der Waals surface area contributed by atoms with E-state index >= 15 is 0 Å². The quantitative estimate of drug-likeness (QED) is 0.814. The van der Waals surface area contributed by atoms with Crippen molar-refractivity contribution < 1.29 is 4.79 Å². The number of hydrogen-bond acceptors (Lipinski definition) is 2. The molecule has 3 nitrogen and oxygen atoms in total. The minimum absolute atomic E-state index is 0.307. The van der Waals surface area contributed by atoms with Gasteiger partial charge in [0.1, 0.15) is 0 Å². The van der Waals surface area contributed by atoms with E-state index in [2.05, 4.69) is 12.2 Å². The third-order valence-electron chi connectivity index (χ3n) is 4.55. The number of carbonyl (C=O) groups excluding carboxylic acids is 1. The Kier molecular flexibility index (Phi) is 4.43. The Bertz CT molecular complexity index is 261. The molecule has 2 aliphatic rings. The van der Waals surface area contributed by atoms with Crippen molar-refractivity contribution in [3.05, 3.63) is 0 Å². The monoisotopic (exact) mass is 238 g/mol. The largest absolute Gasteiger partial charge is 0.345 e. The summed E-state index contributed by atoms with van der Waals surface area (Å²) < 4.78 is 0. The van der Waals surface area contributed by atoms with Crippen LogP contribution in [-0.4, -0.2) is 37.5 Å². The average Bonchev–Trinajstić information content (AvgIpc) is 2.76. The first-order valence-corrected chi connectivity index (χ1v) is 7.14. The number of piperidine rings is 1. The van der Waals surface area contributed by atoms with Crippen LogP contribution in [0.15, 0.2) is 0 Å². The van der Waals surface area contributed by atoms with Gasteiger partial charge in [-0.25, -0.2) is 0 Å². The summed E-state index contributed by atoms with van der Waals surface area (Å²) in [7, 11) is 2.00. The van der Waals surface area contributed by atoms with Crippen LogP contribution >= 0.6 is 0 Å². The van der Waals surface area contributed by atoms with Crippen molar-refractivity contribution in [2.24, 2.45) is 17.8 Å². The Balaban J connectivity index is 1.81. The molecular formula is C14H26N2O. The van der Waals surface area contributed by atoms with Gasteiger partial charge in [-0.3, -0.25) is 4.79 Å². The summed E-state index contributed by atoms with van der Waals surface area (Å²) in [6, 6.07) is 0. The number of nitrogens with one attached hydrogen (secondary N) is 1. The van der Waals surface area contributed by atoms with E-state index in [1.54, 1.807) is 0 Å². The summed E-state index contributed by atoms with van der Waals surface area (Å²) in [5.41, 5.74) is 0. The summed E-state index contributed by atoms with van der Waals surface area (Å²) in [4.78, 5) is 14.3. The predicted octanol–water partition coefficient (Wildman–Crippen LogP) is 1.88. The lowest BCUT2D eigenvalue weighted by molar-refractivity contribution is -0.135. The molecule has 2 rings (SSSR count). The Morgan fingerprint density at radius 1 is 1.24 bits per heavy atom. The molecule has 1 saturated carbocycles. The van der Waals surface area contributed by atoms with Gasteiger partial charge in [-0.15, -0.1) is 0 Å². The maximum absolute atomic E-state index is 12.3. The lowest BCUT2D eigenvalue weighted by Crippen LogP contribution is -2.40. The summed E-state index contributed by atoms with van der Waals surface area (Å²) >= 11 is 0. The zero-order valence-corrected chi connectivity index (χ0v) is 11.2. The predicted molar refractivity (Wildman–Crippen MR) is 69.7 cm³/mol. The molecule has 1 aliphatic carbocycles. The fraction of sp³-hybridized carbons (Fsp3) is 0.929. The lowest BCUT2D eigenvalue weighted by Gasteiger charge is -2.30. The molecule has 17 heavy (non-hydrogen) atoms. The molecule has 2 atom stereocenters. The second-order valence-corrected chi connectivity index (χ2v) is 5.93. The molecule has 0 aromatic heterocycles. The Morgan fingerprint density at radius 2 is 1.94 bits per heavy atom.